The lowest BCUT2D eigenvalue weighted by Crippen LogP contribution is -2.24. The van der Waals surface area contributed by atoms with E-state index in [1.807, 2.05) is 13.8 Å². The van der Waals surface area contributed by atoms with Gasteiger partial charge in [0.2, 0.25) is 5.91 Å². The van der Waals surface area contributed by atoms with Crippen LogP contribution in [0.15, 0.2) is 18.2 Å². The smallest absolute Gasteiger partial charge is 0.238 e. The number of amides is 1. The maximum Gasteiger partial charge on any atom is 0.238 e. The molecule has 0 aliphatic rings. The highest BCUT2D eigenvalue weighted by Crippen LogP contribution is 2.26. The van der Waals surface area contributed by atoms with Gasteiger partial charge in [-0.3, -0.25) is 4.79 Å². The van der Waals surface area contributed by atoms with Gasteiger partial charge in [-0.15, -0.1) is 0 Å². The summed E-state index contributed by atoms with van der Waals surface area (Å²) in [6.45, 7) is 4.27. The molecule has 1 aromatic rings. The average molecular weight is 275 g/mol. The largest absolute Gasteiger partial charge is 0.495 e. The molecule has 0 saturated heterocycles. The zero-order chi connectivity index (χ0) is 13.3. The van der Waals surface area contributed by atoms with Crippen LogP contribution in [0, 0.1) is 0 Å². The summed E-state index contributed by atoms with van der Waals surface area (Å²) in [5.74, 6) is 0.474. The van der Waals surface area contributed by atoms with Gasteiger partial charge < -0.3 is 15.4 Å². The topological polar surface area (TPSA) is 50.4 Å². The third-order valence-electron chi connectivity index (χ3n) is 1.77. The Balaban J connectivity index is 0. The summed E-state index contributed by atoms with van der Waals surface area (Å²) in [6.07, 6.45) is 0. The van der Waals surface area contributed by atoms with E-state index in [0.29, 0.717) is 16.5 Å². The first-order valence-corrected chi connectivity index (χ1v) is 5.83. The lowest BCUT2D eigenvalue weighted by atomic mass is 10.3. The van der Waals surface area contributed by atoms with Crippen molar-refractivity contribution in [2.24, 2.45) is 0 Å². The highest BCUT2D eigenvalue weighted by Gasteiger charge is 2.04. The van der Waals surface area contributed by atoms with Crippen molar-refractivity contribution in [1.82, 2.24) is 5.32 Å². The van der Waals surface area contributed by atoms with Crippen molar-refractivity contribution in [2.45, 2.75) is 21.3 Å². The van der Waals surface area contributed by atoms with E-state index in [-0.39, 0.29) is 19.9 Å². The van der Waals surface area contributed by atoms with Crippen molar-refractivity contribution in [2.75, 3.05) is 26.0 Å². The first kappa shape index (κ1) is 19.1. The number of anilines is 1. The molecule has 0 unspecified atom stereocenters. The second kappa shape index (κ2) is 10.9. The molecule has 5 heteroatoms. The third-order valence-corrected chi connectivity index (χ3v) is 2.07. The Labute approximate surface area is 115 Å². The Kier molecular flexibility index (Phi) is 11.5. The fourth-order valence-corrected chi connectivity index (χ4v) is 1.37. The predicted octanol–water partition coefficient (Wildman–Crippen LogP) is 3.17. The molecular weight excluding hydrogens is 252 g/mol. The van der Waals surface area contributed by atoms with Gasteiger partial charge >= 0.3 is 0 Å². The predicted molar refractivity (Wildman–Crippen MR) is 78.6 cm³/mol. The van der Waals surface area contributed by atoms with Crippen LogP contribution in [0.4, 0.5) is 5.69 Å². The summed E-state index contributed by atoms with van der Waals surface area (Å²) in [5.41, 5.74) is 0.654. The van der Waals surface area contributed by atoms with Gasteiger partial charge in [0.15, 0.2) is 0 Å². The van der Waals surface area contributed by atoms with E-state index < -0.39 is 0 Å². The molecule has 0 saturated carbocycles. The van der Waals surface area contributed by atoms with Crippen LogP contribution in [-0.4, -0.2) is 26.6 Å². The molecule has 0 spiro atoms. The molecule has 1 amide bonds. The molecule has 1 aromatic carbocycles. The van der Waals surface area contributed by atoms with Crippen LogP contribution >= 0.6 is 11.6 Å². The molecule has 0 radical (unpaired) electrons. The summed E-state index contributed by atoms with van der Waals surface area (Å²) in [5, 5.41) is 5.92. The lowest BCUT2D eigenvalue weighted by Gasteiger charge is -2.07. The maximum absolute atomic E-state index is 11.2. The molecule has 0 fully saturated rings. The van der Waals surface area contributed by atoms with Crippen LogP contribution in [0.1, 0.15) is 21.3 Å². The summed E-state index contributed by atoms with van der Waals surface area (Å²) in [4.78, 5) is 11.2. The lowest BCUT2D eigenvalue weighted by molar-refractivity contribution is -0.115. The van der Waals surface area contributed by atoms with Gasteiger partial charge in [0.05, 0.1) is 18.7 Å². The number of halogens is 1. The second-order valence-electron chi connectivity index (χ2n) is 2.93. The van der Waals surface area contributed by atoms with Gasteiger partial charge in [-0.25, -0.2) is 0 Å². The number of carbonyl (C=O) groups is 1. The van der Waals surface area contributed by atoms with Crippen LogP contribution in [0.25, 0.3) is 0 Å². The zero-order valence-electron chi connectivity index (χ0n) is 10.6. The Bertz CT molecular complexity index is 357. The van der Waals surface area contributed by atoms with Crippen molar-refractivity contribution in [3.8, 4) is 5.75 Å². The molecule has 0 bridgehead atoms. The minimum atomic E-state index is -0.112. The zero-order valence-corrected chi connectivity index (χ0v) is 11.4. The highest BCUT2D eigenvalue weighted by molar-refractivity contribution is 6.32. The van der Waals surface area contributed by atoms with Crippen LogP contribution in [0.5, 0.6) is 5.75 Å². The van der Waals surface area contributed by atoms with Gasteiger partial charge in [-0.2, -0.15) is 0 Å². The molecule has 4 nitrogen and oxygen atoms in total. The minimum absolute atomic E-state index is 0. The van der Waals surface area contributed by atoms with Crippen molar-refractivity contribution < 1.29 is 9.53 Å². The van der Waals surface area contributed by atoms with Gasteiger partial charge in [-0.05, 0) is 25.2 Å². The van der Waals surface area contributed by atoms with Crippen LogP contribution < -0.4 is 15.4 Å². The molecule has 0 aromatic heterocycles. The Morgan fingerprint density at radius 3 is 2.44 bits per heavy atom. The number of likely N-dealkylation sites (N-methyl/N-ethyl adjacent to an activating group) is 1. The van der Waals surface area contributed by atoms with Crippen molar-refractivity contribution in [1.29, 1.82) is 0 Å². The van der Waals surface area contributed by atoms with E-state index in [1.54, 1.807) is 32.4 Å². The molecule has 1 rings (SSSR count). The number of methoxy groups -OCH3 is 1. The van der Waals surface area contributed by atoms with Crippen molar-refractivity contribution >= 4 is 23.2 Å². The number of nitrogens with one attached hydrogen (secondary N) is 2. The van der Waals surface area contributed by atoms with Crippen molar-refractivity contribution in [3.05, 3.63) is 23.2 Å². The number of hydrogen-bond acceptors (Lipinski definition) is 3. The highest BCUT2D eigenvalue weighted by atomic mass is 35.5. The number of rotatable bonds is 4. The molecule has 18 heavy (non-hydrogen) atoms. The molecule has 104 valence electrons. The average Bonchev–Trinajstić information content (AvgIpc) is 2.32. The number of benzene rings is 1. The van der Waals surface area contributed by atoms with E-state index in [2.05, 4.69) is 10.6 Å². The normalized spacial score (nSPS) is 8.50. The van der Waals surface area contributed by atoms with Crippen LogP contribution in [-0.2, 0) is 4.79 Å². The number of hydrogen-bond donors (Lipinski definition) is 2. The molecule has 0 aliphatic carbocycles. The number of carbonyl (C=O) groups excluding carboxylic acids is 1. The fourth-order valence-electron chi connectivity index (χ4n) is 1.11. The summed E-state index contributed by atoms with van der Waals surface area (Å²) >= 11 is 5.90. The third kappa shape index (κ3) is 6.47. The summed E-state index contributed by atoms with van der Waals surface area (Å²) in [6, 6.07) is 5.09. The van der Waals surface area contributed by atoms with E-state index >= 15 is 0 Å². The SMILES string of the molecule is C.CC.CNCC(=O)Nc1ccc(OC)c(Cl)c1. The molecule has 0 atom stereocenters. The van der Waals surface area contributed by atoms with E-state index in [0.717, 1.165) is 0 Å². The van der Waals surface area contributed by atoms with Gasteiger partial charge in [0, 0.05) is 5.69 Å². The number of ether oxygens (including phenoxy) is 1. The van der Waals surface area contributed by atoms with Gasteiger partial charge in [-0.1, -0.05) is 32.9 Å². The van der Waals surface area contributed by atoms with Crippen LogP contribution in [0.2, 0.25) is 5.02 Å². The Hall–Kier alpha value is -1.26. The monoisotopic (exact) mass is 274 g/mol. The standard InChI is InChI=1S/C10H13ClN2O2.C2H6.CH4/c1-12-6-10(14)13-7-3-4-9(15-2)8(11)5-7;1-2;/h3-5,12H,6H2,1-2H3,(H,13,14);1-2H3;1H4. The van der Waals surface area contributed by atoms with E-state index in [1.165, 1.54) is 0 Å². The minimum Gasteiger partial charge on any atom is -0.495 e. The van der Waals surface area contributed by atoms with Crippen molar-refractivity contribution in [3.63, 3.8) is 0 Å². The van der Waals surface area contributed by atoms with Gasteiger partial charge in [0.1, 0.15) is 5.75 Å². The summed E-state index contributed by atoms with van der Waals surface area (Å²) < 4.78 is 5.00. The molecule has 0 aliphatic heterocycles. The first-order chi connectivity index (χ1) is 8.17. The quantitative estimate of drug-likeness (QED) is 0.887. The molecular formula is C13H23ClN2O2. The Morgan fingerprint density at radius 1 is 1.39 bits per heavy atom. The van der Waals surface area contributed by atoms with E-state index in [4.69, 9.17) is 16.3 Å². The van der Waals surface area contributed by atoms with Gasteiger partial charge in [0.25, 0.3) is 0 Å². The second-order valence-corrected chi connectivity index (χ2v) is 3.34. The Morgan fingerprint density at radius 2 is 2.00 bits per heavy atom. The summed E-state index contributed by atoms with van der Waals surface area (Å²) in [7, 11) is 3.25. The first-order valence-electron chi connectivity index (χ1n) is 5.45. The maximum atomic E-state index is 11.2. The van der Waals surface area contributed by atoms with E-state index in [9.17, 15) is 4.79 Å². The molecule has 0 heterocycles. The van der Waals surface area contributed by atoms with Crippen LogP contribution in [0.3, 0.4) is 0 Å². The fraction of sp³-hybridized carbons (Fsp3) is 0.462. The molecule has 2 N–H and O–H groups in total.